The van der Waals surface area contributed by atoms with Gasteiger partial charge in [0.05, 0.1) is 6.04 Å². The average molecular weight is 225 g/mol. The van der Waals surface area contributed by atoms with Crippen LogP contribution in [0.1, 0.15) is 47.5 Å². The van der Waals surface area contributed by atoms with Gasteiger partial charge in [0.1, 0.15) is 0 Å². The molecule has 0 aliphatic carbocycles. The first-order valence-electron chi connectivity index (χ1n) is 6.62. The predicted molar refractivity (Wildman–Crippen MR) is 70.8 cm³/mol. The molecular formula is C13H27N3. The third kappa shape index (κ3) is 4.03. The predicted octanol–water partition coefficient (Wildman–Crippen LogP) is 2.48. The summed E-state index contributed by atoms with van der Waals surface area (Å²) in [6, 6.07) is 0.929. The first kappa shape index (κ1) is 13.3. The molecule has 0 radical (unpaired) electrons. The zero-order valence-electron chi connectivity index (χ0n) is 11.5. The second-order valence-corrected chi connectivity index (χ2v) is 5.35. The molecule has 0 saturated heterocycles. The second-order valence-electron chi connectivity index (χ2n) is 5.35. The number of hydrogen-bond donors (Lipinski definition) is 1. The van der Waals surface area contributed by atoms with E-state index in [2.05, 4.69) is 44.8 Å². The molecule has 2 unspecified atom stereocenters. The van der Waals surface area contributed by atoms with E-state index in [0.717, 1.165) is 25.0 Å². The fraction of sp³-hybridized carbons (Fsp3) is 0.923. The first-order valence-corrected chi connectivity index (χ1v) is 6.62. The minimum absolute atomic E-state index is 0.462. The Morgan fingerprint density at radius 2 is 2.12 bits per heavy atom. The highest BCUT2D eigenvalue weighted by molar-refractivity contribution is 5.81. The van der Waals surface area contributed by atoms with Crippen LogP contribution < -0.4 is 5.32 Å². The van der Waals surface area contributed by atoms with Crippen molar-refractivity contribution in [3.05, 3.63) is 0 Å². The lowest BCUT2D eigenvalue weighted by Crippen LogP contribution is -2.49. The third-order valence-corrected chi connectivity index (χ3v) is 3.11. The summed E-state index contributed by atoms with van der Waals surface area (Å²) in [7, 11) is 0. The van der Waals surface area contributed by atoms with Gasteiger partial charge in [0.15, 0.2) is 5.96 Å². The third-order valence-electron chi connectivity index (χ3n) is 3.11. The SMILES string of the molecule is CCC(C)CN1CCC(C)N=C1NC(C)C. The zero-order chi connectivity index (χ0) is 12.1. The maximum atomic E-state index is 4.72. The normalized spacial score (nSPS) is 23.2. The van der Waals surface area contributed by atoms with E-state index in [9.17, 15) is 0 Å². The van der Waals surface area contributed by atoms with E-state index >= 15 is 0 Å². The summed E-state index contributed by atoms with van der Waals surface area (Å²) in [5, 5.41) is 3.47. The van der Waals surface area contributed by atoms with Crippen molar-refractivity contribution in [1.82, 2.24) is 10.2 Å². The summed E-state index contributed by atoms with van der Waals surface area (Å²) in [5.41, 5.74) is 0. The number of rotatable bonds is 4. The quantitative estimate of drug-likeness (QED) is 0.796. The smallest absolute Gasteiger partial charge is 0.194 e. The summed E-state index contributed by atoms with van der Waals surface area (Å²) in [6.45, 7) is 13.4. The Hall–Kier alpha value is -0.730. The molecule has 0 saturated carbocycles. The Kier molecular flexibility index (Phi) is 5.10. The fourth-order valence-electron chi connectivity index (χ4n) is 1.87. The van der Waals surface area contributed by atoms with E-state index in [4.69, 9.17) is 4.99 Å². The Morgan fingerprint density at radius 1 is 1.44 bits per heavy atom. The molecule has 16 heavy (non-hydrogen) atoms. The van der Waals surface area contributed by atoms with Crippen molar-refractivity contribution in [3.63, 3.8) is 0 Å². The molecule has 94 valence electrons. The van der Waals surface area contributed by atoms with Crippen molar-refractivity contribution >= 4 is 5.96 Å². The highest BCUT2D eigenvalue weighted by atomic mass is 15.3. The average Bonchev–Trinajstić information content (AvgIpc) is 2.21. The maximum absolute atomic E-state index is 4.72. The molecule has 2 atom stereocenters. The standard InChI is InChI=1S/C13H27N3/c1-6-11(4)9-16-8-7-12(5)15-13(16)14-10(2)3/h10-12H,6-9H2,1-5H3,(H,14,15). The second kappa shape index (κ2) is 6.12. The van der Waals surface area contributed by atoms with E-state index in [-0.39, 0.29) is 0 Å². The summed E-state index contributed by atoms with van der Waals surface area (Å²) in [4.78, 5) is 7.13. The lowest BCUT2D eigenvalue weighted by Gasteiger charge is -2.34. The summed E-state index contributed by atoms with van der Waals surface area (Å²) >= 11 is 0. The fourth-order valence-corrected chi connectivity index (χ4v) is 1.87. The van der Waals surface area contributed by atoms with Gasteiger partial charge in [0.25, 0.3) is 0 Å². The van der Waals surface area contributed by atoms with Crippen molar-refractivity contribution in [2.45, 2.75) is 59.5 Å². The van der Waals surface area contributed by atoms with Gasteiger partial charge in [-0.05, 0) is 33.1 Å². The number of nitrogens with zero attached hydrogens (tertiary/aromatic N) is 2. The Balaban J connectivity index is 2.63. The lowest BCUT2D eigenvalue weighted by molar-refractivity contribution is 0.304. The van der Waals surface area contributed by atoms with E-state index in [1.165, 1.54) is 12.8 Å². The summed E-state index contributed by atoms with van der Waals surface area (Å²) < 4.78 is 0. The van der Waals surface area contributed by atoms with Crippen molar-refractivity contribution in [1.29, 1.82) is 0 Å². The van der Waals surface area contributed by atoms with Gasteiger partial charge in [-0.1, -0.05) is 20.3 Å². The Bertz CT molecular complexity index is 235. The van der Waals surface area contributed by atoms with Crippen molar-refractivity contribution < 1.29 is 0 Å². The molecule has 3 nitrogen and oxygen atoms in total. The summed E-state index contributed by atoms with van der Waals surface area (Å²) in [5.74, 6) is 1.85. The molecule has 0 amide bonds. The van der Waals surface area contributed by atoms with Crippen LogP contribution in [0.2, 0.25) is 0 Å². The number of aliphatic imine (C=N–C) groups is 1. The minimum atomic E-state index is 0.462. The van der Waals surface area contributed by atoms with Gasteiger partial charge >= 0.3 is 0 Å². The Morgan fingerprint density at radius 3 is 2.69 bits per heavy atom. The number of nitrogens with one attached hydrogen (secondary N) is 1. The summed E-state index contributed by atoms with van der Waals surface area (Å²) in [6.07, 6.45) is 2.42. The van der Waals surface area contributed by atoms with E-state index in [1.54, 1.807) is 0 Å². The van der Waals surface area contributed by atoms with E-state index in [1.807, 2.05) is 0 Å². The van der Waals surface area contributed by atoms with Gasteiger partial charge in [-0.2, -0.15) is 0 Å². The van der Waals surface area contributed by atoms with Gasteiger partial charge < -0.3 is 10.2 Å². The van der Waals surface area contributed by atoms with Gasteiger partial charge in [-0.3, -0.25) is 0 Å². The van der Waals surface area contributed by atoms with Gasteiger partial charge in [-0.15, -0.1) is 0 Å². The van der Waals surface area contributed by atoms with Gasteiger partial charge in [0, 0.05) is 19.1 Å². The molecule has 3 heteroatoms. The molecule has 1 rings (SSSR count). The van der Waals surface area contributed by atoms with Crippen LogP contribution in [-0.2, 0) is 0 Å². The highest BCUT2D eigenvalue weighted by Gasteiger charge is 2.20. The lowest BCUT2D eigenvalue weighted by atomic mass is 10.1. The molecule has 0 spiro atoms. The van der Waals surface area contributed by atoms with Crippen LogP contribution in [0.15, 0.2) is 4.99 Å². The van der Waals surface area contributed by atoms with Crippen LogP contribution in [0.3, 0.4) is 0 Å². The van der Waals surface area contributed by atoms with E-state index in [0.29, 0.717) is 12.1 Å². The van der Waals surface area contributed by atoms with E-state index < -0.39 is 0 Å². The van der Waals surface area contributed by atoms with Crippen LogP contribution in [0.25, 0.3) is 0 Å². The van der Waals surface area contributed by atoms with Crippen LogP contribution in [-0.4, -0.2) is 36.0 Å². The van der Waals surface area contributed by atoms with Gasteiger partial charge in [-0.25, -0.2) is 4.99 Å². The van der Waals surface area contributed by atoms with Crippen molar-refractivity contribution in [3.8, 4) is 0 Å². The van der Waals surface area contributed by atoms with Crippen LogP contribution in [0, 0.1) is 5.92 Å². The molecule has 0 fully saturated rings. The molecule has 0 aromatic rings. The van der Waals surface area contributed by atoms with Crippen LogP contribution in [0.5, 0.6) is 0 Å². The largest absolute Gasteiger partial charge is 0.354 e. The van der Waals surface area contributed by atoms with Crippen LogP contribution in [0.4, 0.5) is 0 Å². The molecule has 0 aromatic heterocycles. The van der Waals surface area contributed by atoms with Crippen molar-refractivity contribution in [2.75, 3.05) is 13.1 Å². The molecule has 1 N–H and O–H groups in total. The monoisotopic (exact) mass is 225 g/mol. The zero-order valence-corrected chi connectivity index (χ0v) is 11.5. The first-order chi connectivity index (χ1) is 7.52. The van der Waals surface area contributed by atoms with Gasteiger partial charge in [0.2, 0.25) is 0 Å². The molecule has 0 aromatic carbocycles. The molecule has 1 aliphatic rings. The van der Waals surface area contributed by atoms with Crippen LogP contribution >= 0.6 is 0 Å². The van der Waals surface area contributed by atoms with Crippen molar-refractivity contribution in [2.24, 2.45) is 10.9 Å². The molecule has 0 bridgehead atoms. The number of guanidine groups is 1. The topological polar surface area (TPSA) is 27.6 Å². The molecule has 1 heterocycles. The molecule has 1 aliphatic heterocycles. The number of hydrogen-bond acceptors (Lipinski definition) is 3. The highest BCUT2D eigenvalue weighted by Crippen LogP contribution is 2.12. The minimum Gasteiger partial charge on any atom is -0.354 e. The maximum Gasteiger partial charge on any atom is 0.194 e. The Labute approximate surface area is 100 Å². The molecular weight excluding hydrogens is 198 g/mol.